The first-order valence-corrected chi connectivity index (χ1v) is 5.79. The van der Waals surface area contributed by atoms with Gasteiger partial charge >= 0.3 is 0 Å². The predicted octanol–water partition coefficient (Wildman–Crippen LogP) is 2.81. The summed E-state index contributed by atoms with van der Waals surface area (Å²) in [5, 5.41) is 13.5. The maximum Gasteiger partial charge on any atom is 0.0697 e. The van der Waals surface area contributed by atoms with Crippen molar-refractivity contribution < 1.29 is 0 Å². The minimum atomic E-state index is -0.313. The zero-order valence-electron chi connectivity index (χ0n) is 10.2. The number of hydrogen-bond donors (Lipinski definition) is 2. The van der Waals surface area contributed by atoms with E-state index >= 15 is 0 Å². The van der Waals surface area contributed by atoms with Gasteiger partial charge in [-0.15, -0.1) is 0 Å². The summed E-state index contributed by atoms with van der Waals surface area (Å²) < 4.78 is 0. The molecule has 0 fully saturated rings. The molecule has 2 rings (SSSR count). The number of rotatable bonds is 4. The highest BCUT2D eigenvalue weighted by molar-refractivity contribution is 5.82. The van der Waals surface area contributed by atoms with Crippen molar-refractivity contribution in [3.05, 3.63) is 36.0 Å². The van der Waals surface area contributed by atoms with Gasteiger partial charge in [0.05, 0.1) is 11.5 Å². The minimum Gasteiger partial charge on any atom is -0.361 e. The largest absolute Gasteiger partial charge is 0.361 e. The van der Waals surface area contributed by atoms with Crippen LogP contribution >= 0.6 is 0 Å². The summed E-state index contributed by atoms with van der Waals surface area (Å²) in [6.45, 7) is 5.37. The first-order valence-electron chi connectivity index (χ1n) is 5.79. The Bertz CT molecular complexity index is 546. The van der Waals surface area contributed by atoms with Crippen LogP contribution < -0.4 is 5.32 Å². The minimum absolute atomic E-state index is 0.313. The quantitative estimate of drug-likeness (QED) is 0.843. The number of nitriles is 1. The van der Waals surface area contributed by atoms with Gasteiger partial charge in [-0.25, -0.2) is 0 Å². The van der Waals surface area contributed by atoms with Gasteiger partial charge in [-0.1, -0.05) is 12.1 Å². The van der Waals surface area contributed by atoms with Gasteiger partial charge in [-0.05, 0) is 31.5 Å². The average molecular weight is 227 g/mol. The Morgan fingerprint density at radius 2 is 2.18 bits per heavy atom. The van der Waals surface area contributed by atoms with Crippen molar-refractivity contribution in [2.24, 2.45) is 5.41 Å². The highest BCUT2D eigenvalue weighted by Gasteiger charge is 2.15. The molecule has 0 amide bonds. The van der Waals surface area contributed by atoms with Crippen LogP contribution in [0.3, 0.4) is 0 Å². The van der Waals surface area contributed by atoms with Crippen LogP contribution in [0.1, 0.15) is 19.4 Å². The van der Waals surface area contributed by atoms with E-state index in [1.54, 1.807) is 0 Å². The van der Waals surface area contributed by atoms with Crippen molar-refractivity contribution in [1.82, 2.24) is 10.3 Å². The van der Waals surface area contributed by atoms with Gasteiger partial charge in [-0.2, -0.15) is 5.26 Å². The van der Waals surface area contributed by atoms with E-state index in [9.17, 15) is 0 Å². The van der Waals surface area contributed by atoms with Gasteiger partial charge in [0.15, 0.2) is 0 Å². The molecule has 1 aromatic heterocycles. The van der Waals surface area contributed by atoms with Gasteiger partial charge in [0.1, 0.15) is 0 Å². The highest BCUT2D eigenvalue weighted by Crippen LogP contribution is 2.17. The van der Waals surface area contributed by atoms with Crippen LogP contribution in [-0.2, 0) is 6.54 Å². The van der Waals surface area contributed by atoms with Crippen molar-refractivity contribution in [2.75, 3.05) is 6.54 Å². The molecule has 2 aromatic rings. The van der Waals surface area contributed by atoms with E-state index in [0.29, 0.717) is 6.54 Å². The number of aromatic nitrogens is 1. The Hall–Kier alpha value is -1.79. The van der Waals surface area contributed by atoms with Gasteiger partial charge in [0.2, 0.25) is 0 Å². The van der Waals surface area contributed by atoms with Crippen molar-refractivity contribution in [1.29, 1.82) is 5.26 Å². The Kier molecular flexibility index (Phi) is 3.16. The van der Waals surface area contributed by atoms with E-state index in [-0.39, 0.29) is 5.41 Å². The molecule has 2 N–H and O–H groups in total. The molecule has 0 atom stereocenters. The summed E-state index contributed by atoms with van der Waals surface area (Å²) in [6.07, 6.45) is 1.95. The Labute approximate surface area is 101 Å². The van der Waals surface area contributed by atoms with E-state index in [4.69, 9.17) is 5.26 Å². The SMILES string of the molecule is CC(C)(C#N)CNCc1cccc2[nH]ccc12. The van der Waals surface area contributed by atoms with E-state index in [2.05, 4.69) is 34.6 Å². The number of benzene rings is 1. The lowest BCUT2D eigenvalue weighted by Crippen LogP contribution is -2.27. The summed E-state index contributed by atoms with van der Waals surface area (Å²) in [5.74, 6) is 0. The second-order valence-electron chi connectivity index (χ2n) is 4.96. The number of hydrogen-bond acceptors (Lipinski definition) is 2. The van der Waals surface area contributed by atoms with Gasteiger partial charge in [-0.3, -0.25) is 0 Å². The molecule has 0 saturated heterocycles. The van der Waals surface area contributed by atoms with Crippen LogP contribution in [0.5, 0.6) is 0 Å². The number of nitrogens with zero attached hydrogens (tertiary/aromatic N) is 1. The lowest BCUT2D eigenvalue weighted by Gasteiger charge is -2.16. The normalized spacial score (nSPS) is 11.6. The fourth-order valence-electron chi connectivity index (χ4n) is 1.85. The molecule has 3 nitrogen and oxygen atoms in total. The third-order valence-electron chi connectivity index (χ3n) is 2.87. The first kappa shape index (κ1) is 11.7. The van der Waals surface area contributed by atoms with Gasteiger partial charge < -0.3 is 10.3 Å². The maximum absolute atomic E-state index is 8.93. The zero-order valence-corrected chi connectivity index (χ0v) is 10.2. The van der Waals surface area contributed by atoms with Crippen LogP contribution in [0.4, 0.5) is 0 Å². The van der Waals surface area contributed by atoms with Crippen molar-refractivity contribution in [3.63, 3.8) is 0 Å². The predicted molar refractivity (Wildman–Crippen MR) is 69.4 cm³/mol. The Morgan fingerprint density at radius 1 is 1.35 bits per heavy atom. The van der Waals surface area contributed by atoms with Crippen LogP contribution in [0.25, 0.3) is 10.9 Å². The molecular formula is C14H17N3. The fraction of sp³-hybridized carbons (Fsp3) is 0.357. The van der Waals surface area contributed by atoms with E-state index in [0.717, 1.165) is 12.1 Å². The van der Waals surface area contributed by atoms with Crippen molar-refractivity contribution in [2.45, 2.75) is 20.4 Å². The summed E-state index contributed by atoms with van der Waals surface area (Å²) in [7, 11) is 0. The molecule has 0 spiro atoms. The van der Waals surface area contributed by atoms with Gasteiger partial charge in [0, 0.05) is 30.2 Å². The second kappa shape index (κ2) is 4.60. The first-order chi connectivity index (χ1) is 8.12. The molecule has 0 aliphatic rings. The fourth-order valence-corrected chi connectivity index (χ4v) is 1.85. The molecule has 88 valence electrons. The molecule has 1 heterocycles. The smallest absolute Gasteiger partial charge is 0.0697 e. The molecule has 1 aromatic carbocycles. The lowest BCUT2D eigenvalue weighted by molar-refractivity contribution is 0.445. The van der Waals surface area contributed by atoms with Crippen LogP contribution in [0.15, 0.2) is 30.5 Å². The van der Waals surface area contributed by atoms with E-state index in [1.165, 1.54) is 10.9 Å². The van der Waals surface area contributed by atoms with Crippen molar-refractivity contribution >= 4 is 10.9 Å². The standard InChI is InChI=1S/C14H17N3/c1-14(2,9-15)10-16-8-11-4-3-5-13-12(11)6-7-17-13/h3-7,16-17H,8,10H2,1-2H3. The van der Waals surface area contributed by atoms with E-state index < -0.39 is 0 Å². The molecule has 0 aliphatic carbocycles. The molecule has 17 heavy (non-hydrogen) atoms. The zero-order chi connectivity index (χ0) is 12.3. The highest BCUT2D eigenvalue weighted by atomic mass is 14.9. The van der Waals surface area contributed by atoms with Crippen LogP contribution in [0, 0.1) is 16.7 Å². The maximum atomic E-state index is 8.93. The molecule has 0 saturated carbocycles. The monoisotopic (exact) mass is 227 g/mol. The van der Waals surface area contributed by atoms with E-state index in [1.807, 2.05) is 26.1 Å². The summed E-state index contributed by atoms with van der Waals surface area (Å²) in [6, 6.07) is 10.6. The molecule has 0 bridgehead atoms. The average Bonchev–Trinajstić information content (AvgIpc) is 2.78. The summed E-state index contributed by atoms with van der Waals surface area (Å²) >= 11 is 0. The Balaban J connectivity index is 2.05. The number of fused-ring (bicyclic) bond motifs is 1. The Morgan fingerprint density at radius 3 is 2.94 bits per heavy atom. The molecule has 3 heteroatoms. The van der Waals surface area contributed by atoms with Crippen molar-refractivity contribution in [3.8, 4) is 6.07 Å². The summed E-state index contributed by atoms with van der Waals surface area (Å²) in [5.41, 5.74) is 2.10. The number of H-pyrrole nitrogens is 1. The third kappa shape index (κ3) is 2.66. The third-order valence-corrected chi connectivity index (χ3v) is 2.87. The number of aromatic amines is 1. The second-order valence-corrected chi connectivity index (χ2v) is 4.96. The van der Waals surface area contributed by atoms with Crippen LogP contribution in [-0.4, -0.2) is 11.5 Å². The lowest BCUT2D eigenvalue weighted by atomic mass is 9.96. The molecule has 0 unspecified atom stereocenters. The molecular weight excluding hydrogens is 210 g/mol. The molecule has 0 aliphatic heterocycles. The topological polar surface area (TPSA) is 51.6 Å². The van der Waals surface area contributed by atoms with Crippen LogP contribution in [0.2, 0.25) is 0 Å². The summed E-state index contributed by atoms with van der Waals surface area (Å²) in [4.78, 5) is 3.20. The molecule has 0 radical (unpaired) electrons. The van der Waals surface area contributed by atoms with Gasteiger partial charge in [0.25, 0.3) is 0 Å². The number of nitrogens with one attached hydrogen (secondary N) is 2.